The van der Waals surface area contributed by atoms with Crippen LogP contribution in [0.1, 0.15) is 57.2 Å². The molecule has 9 nitrogen and oxygen atoms in total. The normalized spacial score (nSPS) is 33.5. The zero-order chi connectivity index (χ0) is 21.8. The Morgan fingerprint density at radius 2 is 1.74 bits per heavy atom. The molecule has 2 N–H and O–H groups in total. The van der Waals surface area contributed by atoms with Gasteiger partial charge < -0.3 is 20.3 Å². The average Bonchev–Trinajstić information content (AvgIpc) is 3.20. The molecule has 6 rings (SSSR count). The van der Waals surface area contributed by atoms with Crippen molar-refractivity contribution in [3.05, 3.63) is 5.82 Å². The van der Waals surface area contributed by atoms with Crippen LogP contribution in [0, 0.1) is 23.2 Å². The number of aromatic nitrogens is 3. The molecule has 0 radical (unpaired) electrons. The van der Waals surface area contributed by atoms with Crippen LogP contribution < -0.4 is 10.6 Å². The van der Waals surface area contributed by atoms with Gasteiger partial charge in [0.2, 0.25) is 17.8 Å². The van der Waals surface area contributed by atoms with Gasteiger partial charge in [0, 0.05) is 20.6 Å². The zero-order valence-electron chi connectivity index (χ0n) is 18.4. The van der Waals surface area contributed by atoms with Crippen LogP contribution in [0.5, 0.6) is 0 Å². The summed E-state index contributed by atoms with van der Waals surface area (Å²) in [7, 11) is 3.61. The molecule has 1 aromatic rings. The number of likely N-dealkylation sites (tertiary alicyclic amines) is 1. The van der Waals surface area contributed by atoms with Crippen LogP contribution in [0.2, 0.25) is 0 Å². The first-order chi connectivity index (χ1) is 14.8. The maximum Gasteiger partial charge on any atom is 0.329 e. The third kappa shape index (κ3) is 3.72. The highest BCUT2D eigenvalue weighted by atomic mass is 16.5. The van der Waals surface area contributed by atoms with E-state index in [4.69, 9.17) is 10.5 Å². The molecule has 1 saturated heterocycles. The van der Waals surface area contributed by atoms with Gasteiger partial charge in [-0.2, -0.15) is 15.0 Å². The lowest BCUT2D eigenvalue weighted by atomic mass is 9.49. The van der Waals surface area contributed by atoms with Crippen molar-refractivity contribution in [3.8, 4) is 0 Å². The number of carbonyl (C=O) groups excluding carboxylic acids is 2. The number of nitrogen functional groups attached to an aromatic ring is 1. The number of carbonyl (C=O) groups is 2. The van der Waals surface area contributed by atoms with E-state index in [0.717, 1.165) is 25.7 Å². The Morgan fingerprint density at radius 1 is 1.10 bits per heavy atom. The van der Waals surface area contributed by atoms with E-state index in [9.17, 15) is 9.59 Å². The predicted octanol–water partition coefficient (Wildman–Crippen LogP) is 1.77. The second kappa shape index (κ2) is 7.60. The minimum absolute atomic E-state index is 0.0811. The Hall–Kier alpha value is -2.45. The smallest absolute Gasteiger partial charge is 0.329 e. The molecule has 0 aromatic carbocycles. The standard InChI is InChI=1S/C22H32N6O3/c1-27(2)21-25-17(24-20(23)26-21)12-31-18(29)16-4-3-5-28(16)19(30)22-9-13-6-14(10-22)8-15(7-13)11-22/h13-16H,3-12H2,1-2H3,(H2,23,24,25,26)/t13?,14?,15?,16-,22?/m0/s1. The number of rotatable bonds is 5. The topological polar surface area (TPSA) is 115 Å². The van der Waals surface area contributed by atoms with Crippen LogP contribution in [0.25, 0.3) is 0 Å². The fourth-order valence-corrected chi connectivity index (χ4v) is 6.85. The first-order valence-electron chi connectivity index (χ1n) is 11.5. The lowest BCUT2D eigenvalue weighted by molar-refractivity contribution is -0.166. The van der Waals surface area contributed by atoms with E-state index in [1.165, 1.54) is 19.3 Å². The second-order valence-electron chi connectivity index (χ2n) is 10.3. The summed E-state index contributed by atoms with van der Waals surface area (Å²) < 4.78 is 5.54. The minimum atomic E-state index is -0.506. The SMILES string of the molecule is CN(C)c1nc(N)nc(COC(=O)[C@@H]2CCCN2C(=O)C23CC4CC(CC(C4)C2)C3)n1. The van der Waals surface area contributed by atoms with Crippen LogP contribution in [0.15, 0.2) is 0 Å². The number of nitrogens with zero attached hydrogens (tertiary/aromatic N) is 5. The summed E-state index contributed by atoms with van der Waals surface area (Å²) in [6, 6.07) is -0.506. The van der Waals surface area contributed by atoms with Crippen molar-refractivity contribution >= 4 is 23.8 Å². The lowest BCUT2D eigenvalue weighted by Crippen LogP contribution is -2.56. The maximum atomic E-state index is 13.7. The highest BCUT2D eigenvalue weighted by Gasteiger charge is 2.57. The van der Waals surface area contributed by atoms with Crippen LogP contribution in [0.3, 0.4) is 0 Å². The summed E-state index contributed by atoms with van der Waals surface area (Å²) in [5.74, 6) is 2.73. The zero-order valence-corrected chi connectivity index (χ0v) is 18.4. The lowest BCUT2D eigenvalue weighted by Gasteiger charge is -2.56. The molecule has 0 unspecified atom stereocenters. The largest absolute Gasteiger partial charge is 0.456 e. The maximum absolute atomic E-state index is 13.7. The van der Waals surface area contributed by atoms with E-state index in [1.54, 1.807) is 19.0 Å². The number of esters is 1. The van der Waals surface area contributed by atoms with Gasteiger partial charge in [-0.1, -0.05) is 0 Å². The number of anilines is 2. The van der Waals surface area contributed by atoms with E-state index in [1.807, 2.05) is 4.90 Å². The van der Waals surface area contributed by atoms with Gasteiger partial charge in [-0.25, -0.2) is 4.79 Å². The molecule has 5 aliphatic rings. The molecular formula is C22H32N6O3. The van der Waals surface area contributed by atoms with Gasteiger partial charge in [-0.15, -0.1) is 0 Å². The third-order valence-electron chi connectivity index (χ3n) is 7.71. The number of ether oxygens (including phenoxy) is 1. The molecule has 1 amide bonds. The van der Waals surface area contributed by atoms with Gasteiger partial charge >= 0.3 is 5.97 Å². The fourth-order valence-electron chi connectivity index (χ4n) is 6.85. The molecule has 0 spiro atoms. The Kier molecular flexibility index (Phi) is 5.01. The van der Waals surface area contributed by atoms with E-state index in [2.05, 4.69) is 15.0 Å². The van der Waals surface area contributed by atoms with Crippen molar-refractivity contribution in [1.29, 1.82) is 0 Å². The molecule has 2 heterocycles. The molecule has 168 valence electrons. The van der Waals surface area contributed by atoms with E-state index >= 15 is 0 Å². The monoisotopic (exact) mass is 428 g/mol. The fraction of sp³-hybridized carbons (Fsp3) is 0.773. The molecule has 31 heavy (non-hydrogen) atoms. The van der Waals surface area contributed by atoms with Crippen LogP contribution in [-0.4, -0.2) is 58.4 Å². The molecular weight excluding hydrogens is 396 g/mol. The van der Waals surface area contributed by atoms with Crippen LogP contribution >= 0.6 is 0 Å². The highest BCUT2D eigenvalue weighted by molar-refractivity contribution is 5.89. The van der Waals surface area contributed by atoms with Crippen molar-refractivity contribution in [1.82, 2.24) is 19.9 Å². The molecule has 4 saturated carbocycles. The van der Waals surface area contributed by atoms with E-state index < -0.39 is 6.04 Å². The van der Waals surface area contributed by atoms with Crippen molar-refractivity contribution in [3.63, 3.8) is 0 Å². The first-order valence-corrected chi connectivity index (χ1v) is 11.5. The van der Waals surface area contributed by atoms with Crippen molar-refractivity contribution in [2.45, 2.75) is 64.0 Å². The Morgan fingerprint density at radius 3 is 2.35 bits per heavy atom. The van der Waals surface area contributed by atoms with Crippen LogP contribution in [-0.2, 0) is 20.9 Å². The summed E-state index contributed by atoms with van der Waals surface area (Å²) in [6.45, 7) is 0.562. The van der Waals surface area contributed by atoms with E-state index in [-0.39, 0.29) is 29.8 Å². The van der Waals surface area contributed by atoms with Crippen molar-refractivity contribution < 1.29 is 14.3 Å². The third-order valence-corrected chi connectivity index (χ3v) is 7.71. The Labute approximate surface area is 182 Å². The van der Waals surface area contributed by atoms with Gasteiger partial charge in [-0.05, 0) is 69.1 Å². The molecule has 1 aromatic heterocycles. The Bertz CT molecular complexity index is 853. The van der Waals surface area contributed by atoms with Gasteiger partial charge in [0.1, 0.15) is 6.04 Å². The van der Waals surface area contributed by atoms with Gasteiger partial charge in [0.25, 0.3) is 0 Å². The highest BCUT2D eigenvalue weighted by Crippen LogP contribution is 2.60. The molecule has 4 bridgehead atoms. The Balaban J connectivity index is 1.26. The minimum Gasteiger partial charge on any atom is -0.456 e. The molecule has 5 fully saturated rings. The number of hydrogen-bond acceptors (Lipinski definition) is 8. The van der Waals surface area contributed by atoms with Gasteiger partial charge in [0.05, 0.1) is 5.41 Å². The predicted molar refractivity (Wildman–Crippen MR) is 114 cm³/mol. The summed E-state index contributed by atoms with van der Waals surface area (Å²) in [5.41, 5.74) is 5.51. The van der Waals surface area contributed by atoms with Gasteiger partial charge in [0.15, 0.2) is 12.4 Å². The number of hydrogen-bond donors (Lipinski definition) is 1. The second-order valence-corrected chi connectivity index (χ2v) is 10.3. The number of amides is 1. The molecule has 1 atom stereocenters. The summed E-state index contributed by atoms with van der Waals surface area (Å²) in [5, 5.41) is 0. The summed E-state index contributed by atoms with van der Waals surface area (Å²) in [4.78, 5) is 42.6. The van der Waals surface area contributed by atoms with Crippen LogP contribution in [0.4, 0.5) is 11.9 Å². The molecule has 9 heteroatoms. The quantitative estimate of drug-likeness (QED) is 0.706. The summed E-state index contributed by atoms with van der Waals surface area (Å²) >= 11 is 0. The molecule has 1 aliphatic heterocycles. The average molecular weight is 429 g/mol. The van der Waals surface area contributed by atoms with Crippen molar-refractivity contribution in [2.24, 2.45) is 23.2 Å². The van der Waals surface area contributed by atoms with Crippen molar-refractivity contribution in [2.75, 3.05) is 31.3 Å². The summed E-state index contributed by atoms with van der Waals surface area (Å²) in [6.07, 6.45) is 8.39. The molecule has 4 aliphatic carbocycles. The first kappa shape index (κ1) is 20.5. The van der Waals surface area contributed by atoms with Gasteiger partial charge in [-0.3, -0.25) is 4.79 Å². The van der Waals surface area contributed by atoms with E-state index in [0.29, 0.717) is 42.5 Å². The number of nitrogens with two attached hydrogens (primary N) is 1.